The van der Waals surface area contributed by atoms with Crippen LogP contribution in [-0.4, -0.2) is 16.1 Å². The SMILES string of the molecule is Cc1cc(Oc2ccc(C(N)=O)nn2)c(C(C)C)cc1N. The van der Waals surface area contributed by atoms with E-state index in [1.54, 1.807) is 6.07 Å². The molecule has 0 radical (unpaired) electrons. The highest BCUT2D eigenvalue weighted by molar-refractivity contribution is 5.90. The number of amides is 1. The fourth-order valence-corrected chi connectivity index (χ4v) is 1.87. The van der Waals surface area contributed by atoms with Gasteiger partial charge in [0.15, 0.2) is 5.69 Å². The van der Waals surface area contributed by atoms with E-state index in [1.165, 1.54) is 6.07 Å². The third-order valence-electron chi connectivity index (χ3n) is 3.13. The van der Waals surface area contributed by atoms with E-state index in [0.29, 0.717) is 11.6 Å². The van der Waals surface area contributed by atoms with Crippen LogP contribution in [0.1, 0.15) is 41.4 Å². The highest BCUT2D eigenvalue weighted by atomic mass is 16.5. The van der Waals surface area contributed by atoms with E-state index in [2.05, 4.69) is 24.0 Å². The van der Waals surface area contributed by atoms with Crippen molar-refractivity contribution in [2.45, 2.75) is 26.7 Å². The minimum absolute atomic E-state index is 0.0971. The first kappa shape index (κ1) is 14.8. The molecule has 6 heteroatoms. The second-order valence-corrected chi connectivity index (χ2v) is 5.12. The minimum Gasteiger partial charge on any atom is -0.437 e. The molecule has 0 aliphatic carbocycles. The number of anilines is 1. The van der Waals surface area contributed by atoms with Crippen molar-refractivity contribution in [1.29, 1.82) is 0 Å². The van der Waals surface area contributed by atoms with Crippen LogP contribution in [0.15, 0.2) is 24.3 Å². The molecule has 1 heterocycles. The third-order valence-corrected chi connectivity index (χ3v) is 3.13. The summed E-state index contributed by atoms with van der Waals surface area (Å²) < 4.78 is 5.76. The van der Waals surface area contributed by atoms with Gasteiger partial charge in [0.05, 0.1) is 0 Å². The Hall–Kier alpha value is -2.63. The van der Waals surface area contributed by atoms with Crippen LogP contribution in [0.2, 0.25) is 0 Å². The number of benzene rings is 1. The quantitative estimate of drug-likeness (QED) is 0.840. The number of nitrogens with two attached hydrogens (primary N) is 2. The molecule has 0 saturated carbocycles. The topological polar surface area (TPSA) is 104 Å². The zero-order chi connectivity index (χ0) is 15.6. The number of carbonyl (C=O) groups is 1. The average molecular weight is 286 g/mol. The van der Waals surface area contributed by atoms with E-state index in [4.69, 9.17) is 16.2 Å². The van der Waals surface area contributed by atoms with Gasteiger partial charge in [-0.1, -0.05) is 13.8 Å². The van der Waals surface area contributed by atoms with Crippen LogP contribution < -0.4 is 16.2 Å². The van der Waals surface area contributed by atoms with Crippen LogP contribution in [0.25, 0.3) is 0 Å². The van der Waals surface area contributed by atoms with Crippen molar-refractivity contribution in [3.05, 3.63) is 41.1 Å². The predicted octanol–water partition coefficient (Wildman–Crippen LogP) is 2.38. The number of hydrogen-bond donors (Lipinski definition) is 2. The number of rotatable bonds is 4. The van der Waals surface area contributed by atoms with Gasteiger partial charge in [-0.15, -0.1) is 10.2 Å². The molecule has 6 nitrogen and oxygen atoms in total. The summed E-state index contributed by atoms with van der Waals surface area (Å²) in [6.45, 7) is 6.02. The Balaban J connectivity index is 2.34. The maximum Gasteiger partial charge on any atom is 0.269 e. The molecule has 0 atom stereocenters. The van der Waals surface area contributed by atoms with E-state index >= 15 is 0 Å². The van der Waals surface area contributed by atoms with Crippen LogP contribution in [0, 0.1) is 6.92 Å². The lowest BCUT2D eigenvalue weighted by Crippen LogP contribution is -2.13. The number of primary amides is 1. The summed E-state index contributed by atoms with van der Waals surface area (Å²) in [4.78, 5) is 11.0. The van der Waals surface area contributed by atoms with Gasteiger partial charge in [0.25, 0.3) is 5.91 Å². The van der Waals surface area contributed by atoms with Crippen molar-refractivity contribution in [3.8, 4) is 11.6 Å². The molecule has 2 aromatic rings. The summed E-state index contributed by atoms with van der Waals surface area (Å²) in [5, 5.41) is 7.56. The van der Waals surface area contributed by atoms with E-state index in [0.717, 1.165) is 16.8 Å². The summed E-state index contributed by atoms with van der Waals surface area (Å²) in [5.74, 6) is 0.602. The number of ether oxygens (including phenoxy) is 1. The molecule has 2 rings (SSSR count). The largest absolute Gasteiger partial charge is 0.437 e. The lowest BCUT2D eigenvalue weighted by atomic mass is 9.99. The second kappa shape index (κ2) is 5.78. The molecule has 1 amide bonds. The van der Waals surface area contributed by atoms with Crippen molar-refractivity contribution in [3.63, 3.8) is 0 Å². The Morgan fingerprint density at radius 1 is 1.24 bits per heavy atom. The second-order valence-electron chi connectivity index (χ2n) is 5.12. The lowest BCUT2D eigenvalue weighted by Gasteiger charge is -2.15. The highest BCUT2D eigenvalue weighted by Gasteiger charge is 2.13. The van der Waals surface area contributed by atoms with Crippen molar-refractivity contribution in [2.75, 3.05) is 5.73 Å². The van der Waals surface area contributed by atoms with E-state index in [-0.39, 0.29) is 11.6 Å². The number of aromatic nitrogens is 2. The lowest BCUT2D eigenvalue weighted by molar-refractivity contribution is 0.0994. The van der Waals surface area contributed by atoms with Gasteiger partial charge in [-0.3, -0.25) is 4.79 Å². The molecule has 110 valence electrons. The number of aryl methyl sites for hydroxylation is 1. The van der Waals surface area contributed by atoms with E-state index < -0.39 is 5.91 Å². The van der Waals surface area contributed by atoms with Crippen LogP contribution in [0.5, 0.6) is 11.6 Å². The van der Waals surface area contributed by atoms with Gasteiger partial charge in [0.2, 0.25) is 5.88 Å². The van der Waals surface area contributed by atoms with Gasteiger partial charge in [0.1, 0.15) is 5.75 Å². The van der Waals surface area contributed by atoms with E-state index in [9.17, 15) is 4.79 Å². The maximum absolute atomic E-state index is 11.0. The van der Waals surface area contributed by atoms with Gasteiger partial charge in [-0.05, 0) is 42.2 Å². The van der Waals surface area contributed by atoms with Crippen molar-refractivity contribution < 1.29 is 9.53 Å². The van der Waals surface area contributed by atoms with Gasteiger partial charge in [-0.25, -0.2) is 0 Å². The highest BCUT2D eigenvalue weighted by Crippen LogP contribution is 2.33. The summed E-state index contributed by atoms with van der Waals surface area (Å²) in [5.41, 5.74) is 13.8. The van der Waals surface area contributed by atoms with Gasteiger partial charge < -0.3 is 16.2 Å². The number of carbonyl (C=O) groups excluding carboxylic acids is 1. The summed E-state index contributed by atoms with van der Waals surface area (Å²) in [7, 11) is 0. The first-order valence-electron chi connectivity index (χ1n) is 6.60. The van der Waals surface area contributed by atoms with Crippen LogP contribution >= 0.6 is 0 Å². The molecular formula is C15H18N4O2. The monoisotopic (exact) mass is 286 g/mol. The zero-order valence-electron chi connectivity index (χ0n) is 12.3. The number of nitrogens with zero attached hydrogens (tertiary/aromatic N) is 2. The summed E-state index contributed by atoms with van der Waals surface area (Å²) in [6, 6.07) is 6.81. The van der Waals surface area contributed by atoms with Crippen LogP contribution in [0.4, 0.5) is 5.69 Å². The normalized spacial score (nSPS) is 10.7. The molecule has 1 aromatic carbocycles. The predicted molar refractivity (Wildman–Crippen MR) is 80.3 cm³/mol. The van der Waals surface area contributed by atoms with E-state index in [1.807, 2.05) is 19.1 Å². The fraction of sp³-hybridized carbons (Fsp3) is 0.267. The number of hydrogen-bond acceptors (Lipinski definition) is 5. The zero-order valence-corrected chi connectivity index (χ0v) is 12.3. The average Bonchev–Trinajstić information content (AvgIpc) is 2.43. The summed E-state index contributed by atoms with van der Waals surface area (Å²) in [6.07, 6.45) is 0. The molecule has 0 saturated heterocycles. The molecule has 0 bridgehead atoms. The van der Waals surface area contributed by atoms with Gasteiger partial charge in [-0.2, -0.15) is 0 Å². The fourth-order valence-electron chi connectivity index (χ4n) is 1.87. The standard InChI is InChI=1S/C15H18N4O2/c1-8(2)10-7-11(16)9(3)6-13(10)21-14-5-4-12(15(17)20)18-19-14/h4-8H,16H2,1-3H3,(H2,17,20). The van der Waals surface area contributed by atoms with Crippen molar-refractivity contribution >= 4 is 11.6 Å². The van der Waals surface area contributed by atoms with Crippen molar-refractivity contribution in [1.82, 2.24) is 10.2 Å². The Morgan fingerprint density at radius 2 is 1.95 bits per heavy atom. The Labute approximate surface area is 123 Å². The molecule has 0 aliphatic rings. The van der Waals surface area contributed by atoms with Crippen LogP contribution in [0.3, 0.4) is 0 Å². The number of nitrogen functional groups attached to an aromatic ring is 1. The first-order chi connectivity index (χ1) is 9.88. The molecule has 0 unspecified atom stereocenters. The molecule has 1 aromatic heterocycles. The van der Waals surface area contributed by atoms with Crippen molar-refractivity contribution in [2.24, 2.45) is 5.73 Å². The third kappa shape index (κ3) is 3.28. The maximum atomic E-state index is 11.0. The first-order valence-corrected chi connectivity index (χ1v) is 6.60. The van der Waals surface area contributed by atoms with Gasteiger partial charge >= 0.3 is 0 Å². The Bertz CT molecular complexity index is 666. The minimum atomic E-state index is -0.625. The van der Waals surface area contributed by atoms with Crippen LogP contribution in [-0.2, 0) is 0 Å². The molecule has 0 aliphatic heterocycles. The Morgan fingerprint density at radius 3 is 2.48 bits per heavy atom. The molecule has 0 spiro atoms. The molecular weight excluding hydrogens is 268 g/mol. The summed E-state index contributed by atoms with van der Waals surface area (Å²) >= 11 is 0. The molecule has 0 fully saturated rings. The molecule has 4 N–H and O–H groups in total. The Kier molecular flexibility index (Phi) is 4.07. The van der Waals surface area contributed by atoms with Gasteiger partial charge in [0, 0.05) is 11.8 Å². The molecule has 21 heavy (non-hydrogen) atoms. The smallest absolute Gasteiger partial charge is 0.269 e.